The Balaban J connectivity index is 1.74. The van der Waals surface area contributed by atoms with Gasteiger partial charge in [0.15, 0.2) is 5.69 Å². The van der Waals surface area contributed by atoms with Crippen LogP contribution in [0, 0.1) is 13.8 Å². The molecule has 26 heavy (non-hydrogen) atoms. The quantitative estimate of drug-likeness (QED) is 0.630. The average Bonchev–Trinajstić information content (AvgIpc) is 2.98. The van der Waals surface area contributed by atoms with Crippen LogP contribution in [-0.4, -0.2) is 11.1 Å². The molecule has 3 aromatic rings. The van der Waals surface area contributed by atoms with Gasteiger partial charge in [0.25, 0.3) is 5.91 Å². The van der Waals surface area contributed by atoms with Crippen LogP contribution < -0.4 is 10.1 Å². The first-order valence-corrected chi connectivity index (χ1v) is 8.60. The van der Waals surface area contributed by atoms with Gasteiger partial charge in [-0.15, -0.1) is 0 Å². The number of rotatable bonds is 5. The minimum atomic E-state index is -0.414. The first kappa shape index (κ1) is 18.3. The van der Waals surface area contributed by atoms with Crippen LogP contribution in [0.15, 0.2) is 47.0 Å². The molecule has 2 aromatic carbocycles. The number of carbonyl (C=O) groups excluding carboxylic acids is 1. The molecule has 0 saturated heterocycles. The Morgan fingerprint density at radius 1 is 1.12 bits per heavy atom. The molecule has 0 spiro atoms. The fraction of sp³-hybridized carbons (Fsp3) is 0.158. The molecule has 0 fully saturated rings. The van der Waals surface area contributed by atoms with Crippen LogP contribution in [0.5, 0.6) is 5.75 Å². The van der Waals surface area contributed by atoms with Gasteiger partial charge in [-0.1, -0.05) is 46.1 Å². The molecule has 1 amide bonds. The second kappa shape index (κ2) is 7.81. The summed E-state index contributed by atoms with van der Waals surface area (Å²) in [5.74, 6) is 0.811. The number of anilines is 1. The minimum absolute atomic E-state index is 0.167. The Bertz CT molecular complexity index is 936. The Kier molecular flexibility index (Phi) is 5.49. The van der Waals surface area contributed by atoms with Gasteiger partial charge in [-0.2, -0.15) is 0 Å². The zero-order valence-corrected chi connectivity index (χ0v) is 15.7. The van der Waals surface area contributed by atoms with Crippen molar-refractivity contribution in [2.45, 2.75) is 20.5 Å². The molecule has 0 aliphatic rings. The normalized spacial score (nSPS) is 10.6. The number of hydrogen-bond acceptors (Lipinski definition) is 4. The summed E-state index contributed by atoms with van der Waals surface area (Å²) in [7, 11) is 0. The molecule has 3 rings (SSSR count). The van der Waals surface area contributed by atoms with E-state index in [0.717, 1.165) is 5.56 Å². The predicted molar refractivity (Wildman–Crippen MR) is 101 cm³/mol. The molecule has 1 heterocycles. The van der Waals surface area contributed by atoms with Gasteiger partial charge in [-0.25, -0.2) is 0 Å². The van der Waals surface area contributed by atoms with Crippen LogP contribution >= 0.6 is 23.2 Å². The molecule has 0 aliphatic heterocycles. The maximum Gasteiger partial charge on any atom is 0.278 e. The Morgan fingerprint density at radius 3 is 2.54 bits per heavy atom. The molecule has 0 aliphatic carbocycles. The van der Waals surface area contributed by atoms with Crippen LogP contribution in [0.3, 0.4) is 0 Å². The van der Waals surface area contributed by atoms with Crippen LogP contribution in [0.4, 0.5) is 5.69 Å². The lowest BCUT2D eigenvalue weighted by Crippen LogP contribution is -2.15. The molecule has 1 N–H and O–H groups in total. The second-order valence-electron chi connectivity index (χ2n) is 5.75. The fourth-order valence-electron chi connectivity index (χ4n) is 2.29. The number of carbonyl (C=O) groups is 1. The number of nitrogens with one attached hydrogen (secondary N) is 1. The summed E-state index contributed by atoms with van der Waals surface area (Å²) < 4.78 is 10.9. The monoisotopic (exact) mass is 390 g/mol. The number of aromatic nitrogens is 1. The number of aryl methyl sites for hydroxylation is 2. The Morgan fingerprint density at radius 2 is 1.85 bits per heavy atom. The molecular formula is C19H16Cl2N2O3. The minimum Gasteiger partial charge on any atom is -0.489 e. The van der Waals surface area contributed by atoms with Gasteiger partial charge in [0.2, 0.25) is 0 Å². The van der Waals surface area contributed by atoms with Crippen molar-refractivity contribution in [3.63, 3.8) is 0 Å². The fourth-order valence-corrected chi connectivity index (χ4v) is 2.59. The molecule has 0 atom stereocenters. The number of halogens is 2. The van der Waals surface area contributed by atoms with Crippen LogP contribution in [0.25, 0.3) is 0 Å². The summed E-state index contributed by atoms with van der Waals surface area (Å²) >= 11 is 11.9. The summed E-state index contributed by atoms with van der Waals surface area (Å²) in [5.41, 5.74) is 2.40. The molecule has 0 radical (unpaired) electrons. The Labute approximate surface area is 160 Å². The van der Waals surface area contributed by atoms with E-state index in [-0.39, 0.29) is 12.3 Å². The van der Waals surface area contributed by atoms with Crippen LogP contribution in [0.2, 0.25) is 10.0 Å². The van der Waals surface area contributed by atoms with E-state index in [1.54, 1.807) is 25.1 Å². The van der Waals surface area contributed by atoms with Gasteiger partial charge >= 0.3 is 0 Å². The third kappa shape index (κ3) is 4.18. The smallest absolute Gasteiger partial charge is 0.278 e. The van der Waals surface area contributed by atoms with Gasteiger partial charge in [0, 0.05) is 5.69 Å². The highest BCUT2D eigenvalue weighted by Crippen LogP contribution is 2.26. The molecule has 7 heteroatoms. The van der Waals surface area contributed by atoms with E-state index in [2.05, 4.69) is 10.5 Å². The summed E-state index contributed by atoms with van der Waals surface area (Å²) in [6.45, 7) is 3.90. The maximum absolute atomic E-state index is 12.5. The molecular weight excluding hydrogens is 375 g/mol. The summed E-state index contributed by atoms with van der Waals surface area (Å²) in [6, 6.07) is 12.5. The lowest BCUT2D eigenvalue weighted by molar-refractivity contribution is 0.101. The third-order valence-electron chi connectivity index (χ3n) is 3.78. The number of amides is 1. The zero-order chi connectivity index (χ0) is 18.7. The second-order valence-corrected chi connectivity index (χ2v) is 6.57. The number of hydrogen-bond donors (Lipinski definition) is 1. The molecule has 5 nitrogen and oxygen atoms in total. The molecule has 134 valence electrons. The predicted octanol–water partition coefficient (Wildman–Crippen LogP) is 5.43. The highest BCUT2D eigenvalue weighted by molar-refractivity contribution is 6.42. The van der Waals surface area contributed by atoms with E-state index >= 15 is 0 Å². The van der Waals surface area contributed by atoms with Gasteiger partial charge in [-0.05, 0) is 44.2 Å². The topological polar surface area (TPSA) is 64.4 Å². The largest absolute Gasteiger partial charge is 0.489 e. The average molecular weight is 391 g/mol. The van der Waals surface area contributed by atoms with E-state index in [1.807, 2.05) is 31.2 Å². The first-order chi connectivity index (χ1) is 12.4. The molecule has 0 saturated carbocycles. The lowest BCUT2D eigenvalue weighted by atomic mass is 10.2. The van der Waals surface area contributed by atoms with Crippen molar-refractivity contribution in [1.82, 2.24) is 5.16 Å². The highest BCUT2D eigenvalue weighted by atomic mass is 35.5. The van der Waals surface area contributed by atoms with E-state index in [9.17, 15) is 4.79 Å². The molecule has 0 bridgehead atoms. The van der Waals surface area contributed by atoms with Gasteiger partial charge < -0.3 is 14.6 Å². The summed E-state index contributed by atoms with van der Waals surface area (Å²) in [6.07, 6.45) is 0. The van der Waals surface area contributed by atoms with Crippen molar-refractivity contribution in [3.8, 4) is 5.75 Å². The third-order valence-corrected chi connectivity index (χ3v) is 4.52. The molecule has 1 aromatic heterocycles. The van der Waals surface area contributed by atoms with E-state index < -0.39 is 5.91 Å². The van der Waals surface area contributed by atoms with Crippen molar-refractivity contribution < 1.29 is 14.1 Å². The first-order valence-electron chi connectivity index (χ1n) is 7.85. The van der Waals surface area contributed by atoms with Gasteiger partial charge in [-0.3, -0.25) is 4.79 Å². The Hall–Kier alpha value is -2.50. The highest BCUT2D eigenvalue weighted by Gasteiger charge is 2.20. The zero-order valence-electron chi connectivity index (χ0n) is 14.2. The van der Waals surface area contributed by atoms with E-state index in [4.69, 9.17) is 32.5 Å². The standard InChI is InChI=1S/C19H16Cl2N2O3/c1-11-3-6-14(7-4-11)25-10-15-12(2)26-23-18(15)19(24)22-13-5-8-16(20)17(21)9-13/h3-9H,10H2,1-2H3,(H,22,24). The number of nitrogens with zero attached hydrogens (tertiary/aromatic N) is 1. The van der Waals surface area contributed by atoms with E-state index in [0.29, 0.717) is 32.8 Å². The number of benzene rings is 2. The SMILES string of the molecule is Cc1ccc(OCc2c(C(=O)Nc3ccc(Cl)c(Cl)c3)noc2C)cc1. The maximum atomic E-state index is 12.5. The summed E-state index contributed by atoms with van der Waals surface area (Å²) in [5, 5.41) is 7.34. The van der Waals surface area contributed by atoms with Gasteiger partial charge in [0.1, 0.15) is 18.1 Å². The molecule has 0 unspecified atom stereocenters. The van der Waals surface area contributed by atoms with Crippen molar-refractivity contribution in [1.29, 1.82) is 0 Å². The van der Waals surface area contributed by atoms with Crippen molar-refractivity contribution >= 4 is 34.8 Å². The van der Waals surface area contributed by atoms with Gasteiger partial charge in [0.05, 0.1) is 15.6 Å². The van der Waals surface area contributed by atoms with Crippen LogP contribution in [0.1, 0.15) is 27.4 Å². The lowest BCUT2D eigenvalue weighted by Gasteiger charge is -2.08. The summed E-state index contributed by atoms with van der Waals surface area (Å²) in [4.78, 5) is 12.5. The number of ether oxygens (including phenoxy) is 1. The van der Waals surface area contributed by atoms with E-state index in [1.165, 1.54) is 0 Å². The van der Waals surface area contributed by atoms with Crippen molar-refractivity contribution in [2.75, 3.05) is 5.32 Å². The van der Waals surface area contributed by atoms with Crippen molar-refractivity contribution in [3.05, 3.63) is 75.1 Å². The van der Waals surface area contributed by atoms with Crippen molar-refractivity contribution in [2.24, 2.45) is 0 Å². The van der Waals surface area contributed by atoms with Crippen LogP contribution in [-0.2, 0) is 6.61 Å².